The number of hydrogen-bond donors (Lipinski definition) is 5. The first-order valence-electron chi connectivity index (χ1n) is 17.8. The molecule has 5 amide bonds. The molecular weight excluding hydrogens is 699 g/mol. The third-order valence-corrected chi connectivity index (χ3v) is 9.78. The molecule has 13 nitrogen and oxygen atoms in total. The van der Waals surface area contributed by atoms with Crippen molar-refractivity contribution in [3.63, 3.8) is 0 Å². The number of hydrogen-bond acceptors (Lipinski definition) is 9. The highest BCUT2D eigenvalue weighted by atomic mass is 32.1. The SMILES string of the molecule is COc1ccc2cc1OCC(=O)NCCC[C@H](NC(=O)Cc1csc(C(C)=O)c1)C(=O)N[C@@H](Cc1ccccc1)C(=O)N[C@H](C(C)C)C(=O)NCCC2. The first-order valence-corrected chi connectivity index (χ1v) is 18.7. The minimum Gasteiger partial charge on any atom is -0.493 e. The van der Waals surface area contributed by atoms with Gasteiger partial charge in [0.2, 0.25) is 23.6 Å². The molecule has 0 saturated heterocycles. The fourth-order valence-corrected chi connectivity index (χ4v) is 6.62. The molecule has 2 aromatic carbocycles. The van der Waals surface area contributed by atoms with E-state index in [9.17, 15) is 28.8 Å². The third-order valence-electron chi connectivity index (χ3n) is 8.70. The summed E-state index contributed by atoms with van der Waals surface area (Å²) in [6.45, 7) is 5.36. The van der Waals surface area contributed by atoms with Crippen LogP contribution >= 0.6 is 11.3 Å². The Labute approximate surface area is 314 Å². The molecule has 1 aliphatic rings. The molecule has 3 atom stereocenters. The molecule has 1 aromatic heterocycles. The number of thiophene rings is 1. The van der Waals surface area contributed by atoms with Gasteiger partial charge in [0.1, 0.15) is 18.1 Å². The summed E-state index contributed by atoms with van der Waals surface area (Å²) in [6, 6.07) is 13.2. The molecule has 4 rings (SSSR count). The lowest BCUT2D eigenvalue weighted by Crippen LogP contribution is -2.58. The number of amides is 5. The van der Waals surface area contributed by atoms with Gasteiger partial charge in [-0.15, -0.1) is 11.3 Å². The number of aryl methyl sites for hydroxylation is 1. The molecule has 0 spiro atoms. The summed E-state index contributed by atoms with van der Waals surface area (Å²) in [5, 5.41) is 15.9. The van der Waals surface area contributed by atoms with Gasteiger partial charge in [0.25, 0.3) is 5.91 Å². The Balaban J connectivity index is 1.58. The maximum Gasteiger partial charge on any atom is 0.257 e. The van der Waals surface area contributed by atoms with E-state index in [1.54, 1.807) is 23.6 Å². The summed E-state index contributed by atoms with van der Waals surface area (Å²) in [4.78, 5) is 79.5. The third kappa shape index (κ3) is 12.7. The molecule has 0 radical (unpaired) electrons. The van der Waals surface area contributed by atoms with Gasteiger partial charge < -0.3 is 36.1 Å². The van der Waals surface area contributed by atoms with Crippen LogP contribution < -0.4 is 36.1 Å². The molecule has 0 unspecified atom stereocenters. The van der Waals surface area contributed by atoms with Crippen LogP contribution in [0.3, 0.4) is 0 Å². The standard InChI is InChI=1S/C39H49N5O8S/c1-24(2)36-39(50)41-17-8-12-27-14-15-31(51-4)32(19-27)52-22-35(47)40-16-9-13-29(42-34(46)21-28-20-33(25(3)45)53-23-28)37(48)43-30(38(49)44-36)18-26-10-6-5-7-11-26/h5-7,10-11,14-15,19-20,23-24,29-30,36H,8-9,12-13,16-18,21-22H2,1-4H3,(H,40,47)(H,41,50)(H,42,46)(H,43,48)(H,44,49)/t29-,30-,36+/m0/s1. The van der Waals surface area contributed by atoms with Gasteiger partial charge in [-0.2, -0.15) is 0 Å². The highest BCUT2D eigenvalue weighted by molar-refractivity contribution is 7.12. The highest BCUT2D eigenvalue weighted by Crippen LogP contribution is 2.28. The van der Waals surface area contributed by atoms with E-state index in [-0.39, 0.29) is 55.9 Å². The normalized spacial score (nSPS) is 19.6. The molecule has 3 aromatic rings. The van der Waals surface area contributed by atoms with Crippen molar-refractivity contribution in [1.82, 2.24) is 26.6 Å². The predicted octanol–water partition coefficient (Wildman–Crippen LogP) is 2.89. The second kappa shape index (κ2) is 20.1. The number of methoxy groups -OCH3 is 1. The van der Waals surface area contributed by atoms with Gasteiger partial charge >= 0.3 is 0 Å². The smallest absolute Gasteiger partial charge is 0.257 e. The largest absolute Gasteiger partial charge is 0.493 e. The zero-order valence-electron chi connectivity index (χ0n) is 30.6. The summed E-state index contributed by atoms with van der Waals surface area (Å²) in [5.41, 5.74) is 2.34. The number of benzene rings is 2. The number of nitrogens with one attached hydrogen (secondary N) is 5. The summed E-state index contributed by atoms with van der Waals surface area (Å²) in [5.74, 6) is -1.83. The molecule has 1 aliphatic heterocycles. The number of fused-ring (bicyclic) bond motifs is 2. The average Bonchev–Trinajstić information content (AvgIpc) is 3.61. The lowest BCUT2D eigenvalue weighted by atomic mass is 10.00. The van der Waals surface area contributed by atoms with E-state index in [4.69, 9.17) is 9.47 Å². The van der Waals surface area contributed by atoms with Gasteiger partial charge in [-0.3, -0.25) is 28.8 Å². The Morgan fingerprint density at radius 1 is 0.925 bits per heavy atom. The molecule has 2 bridgehead atoms. The van der Waals surface area contributed by atoms with E-state index in [1.165, 1.54) is 25.4 Å². The number of Topliss-reactive ketones (excluding diaryl/α,β-unsaturated/α-hetero) is 1. The monoisotopic (exact) mass is 747 g/mol. The fourth-order valence-electron chi connectivity index (χ4n) is 5.80. The maximum absolute atomic E-state index is 13.9. The first-order chi connectivity index (χ1) is 25.4. The summed E-state index contributed by atoms with van der Waals surface area (Å²) < 4.78 is 11.2. The van der Waals surface area contributed by atoms with Crippen molar-refractivity contribution in [2.24, 2.45) is 5.92 Å². The van der Waals surface area contributed by atoms with Crippen LogP contribution in [0.4, 0.5) is 0 Å². The van der Waals surface area contributed by atoms with Gasteiger partial charge in [-0.25, -0.2) is 0 Å². The van der Waals surface area contributed by atoms with E-state index >= 15 is 0 Å². The van der Waals surface area contributed by atoms with Crippen molar-refractivity contribution in [1.29, 1.82) is 0 Å². The van der Waals surface area contributed by atoms with Crippen LogP contribution in [0, 0.1) is 5.92 Å². The highest BCUT2D eigenvalue weighted by Gasteiger charge is 2.31. The van der Waals surface area contributed by atoms with Gasteiger partial charge in [-0.1, -0.05) is 50.2 Å². The second-order valence-corrected chi connectivity index (χ2v) is 14.2. The summed E-state index contributed by atoms with van der Waals surface area (Å²) >= 11 is 1.24. The van der Waals surface area contributed by atoms with Crippen LogP contribution in [-0.2, 0) is 43.2 Å². The zero-order valence-corrected chi connectivity index (χ0v) is 31.4. The van der Waals surface area contributed by atoms with Gasteiger partial charge in [0.05, 0.1) is 18.4 Å². The van der Waals surface area contributed by atoms with E-state index in [1.807, 2.05) is 50.2 Å². The predicted molar refractivity (Wildman–Crippen MR) is 201 cm³/mol. The van der Waals surface area contributed by atoms with Crippen molar-refractivity contribution >= 4 is 46.7 Å². The molecular formula is C39H49N5O8S. The number of carbonyl (C=O) groups is 6. The van der Waals surface area contributed by atoms with Gasteiger partial charge in [0.15, 0.2) is 23.9 Å². The molecule has 2 heterocycles. The van der Waals surface area contributed by atoms with Crippen molar-refractivity contribution in [3.8, 4) is 11.5 Å². The van der Waals surface area contributed by atoms with Crippen molar-refractivity contribution in [3.05, 3.63) is 81.5 Å². The van der Waals surface area contributed by atoms with E-state index in [0.717, 1.165) is 11.1 Å². The molecule has 53 heavy (non-hydrogen) atoms. The molecule has 0 fully saturated rings. The quantitative estimate of drug-likeness (QED) is 0.218. The minimum absolute atomic E-state index is 0.0641. The van der Waals surface area contributed by atoms with E-state index < -0.39 is 35.8 Å². The topological polar surface area (TPSA) is 181 Å². The average molecular weight is 748 g/mol. The first kappa shape index (κ1) is 40.5. The lowest BCUT2D eigenvalue weighted by Gasteiger charge is -2.27. The Hall–Kier alpha value is -5.24. The zero-order chi connectivity index (χ0) is 38.3. The summed E-state index contributed by atoms with van der Waals surface area (Å²) in [6.07, 6.45) is 1.72. The van der Waals surface area contributed by atoms with Crippen LogP contribution in [0.15, 0.2) is 60.0 Å². The van der Waals surface area contributed by atoms with Crippen molar-refractivity contribution in [2.75, 3.05) is 26.8 Å². The fraction of sp³-hybridized carbons (Fsp3) is 0.436. The van der Waals surface area contributed by atoms with Crippen LogP contribution in [0.1, 0.15) is 66.4 Å². The van der Waals surface area contributed by atoms with Crippen molar-refractivity contribution in [2.45, 2.75) is 77.4 Å². The second-order valence-electron chi connectivity index (χ2n) is 13.3. The Morgan fingerprint density at radius 2 is 1.68 bits per heavy atom. The molecule has 5 N–H and O–H groups in total. The van der Waals surface area contributed by atoms with Crippen molar-refractivity contribution < 1.29 is 38.2 Å². The molecule has 0 saturated carbocycles. The Morgan fingerprint density at radius 3 is 2.38 bits per heavy atom. The lowest BCUT2D eigenvalue weighted by molar-refractivity contribution is -0.134. The number of ether oxygens (including phenoxy) is 2. The molecule has 14 heteroatoms. The van der Waals surface area contributed by atoms with Crippen LogP contribution in [0.5, 0.6) is 11.5 Å². The van der Waals surface area contributed by atoms with E-state index in [2.05, 4.69) is 26.6 Å². The maximum atomic E-state index is 13.9. The van der Waals surface area contributed by atoms with Gasteiger partial charge in [0, 0.05) is 19.5 Å². The van der Waals surface area contributed by atoms with Crippen LogP contribution in [0.25, 0.3) is 0 Å². The summed E-state index contributed by atoms with van der Waals surface area (Å²) in [7, 11) is 1.51. The number of ketones is 1. The molecule has 0 aliphatic carbocycles. The Kier molecular flexibility index (Phi) is 15.4. The minimum atomic E-state index is -1.08. The van der Waals surface area contributed by atoms with Gasteiger partial charge in [-0.05, 0) is 78.8 Å². The Bertz CT molecular complexity index is 1740. The molecule has 284 valence electrons. The van der Waals surface area contributed by atoms with Crippen LogP contribution in [-0.4, -0.2) is 80.3 Å². The number of rotatable bonds is 8. The van der Waals surface area contributed by atoms with E-state index in [0.29, 0.717) is 47.7 Å². The number of carbonyl (C=O) groups excluding carboxylic acids is 6. The van der Waals surface area contributed by atoms with Crippen LogP contribution in [0.2, 0.25) is 0 Å².